The van der Waals surface area contributed by atoms with Crippen molar-refractivity contribution in [2.45, 2.75) is 24.3 Å². The van der Waals surface area contributed by atoms with E-state index in [9.17, 15) is 4.79 Å². The van der Waals surface area contributed by atoms with E-state index in [4.69, 9.17) is 0 Å². The molecular formula is C18H18N4OS. The average Bonchev–Trinajstić information content (AvgIpc) is 3.14. The van der Waals surface area contributed by atoms with Crippen LogP contribution in [0.15, 0.2) is 60.0 Å². The van der Waals surface area contributed by atoms with Crippen molar-refractivity contribution in [1.82, 2.24) is 15.2 Å². The van der Waals surface area contributed by atoms with Crippen LogP contribution >= 0.6 is 11.8 Å². The molecular weight excluding hydrogens is 320 g/mol. The van der Waals surface area contributed by atoms with Crippen LogP contribution in [0.3, 0.4) is 0 Å². The molecule has 0 aliphatic heterocycles. The molecule has 1 heterocycles. The first-order valence-electron chi connectivity index (χ1n) is 7.72. The molecule has 2 aromatic carbocycles. The highest BCUT2D eigenvalue weighted by Crippen LogP contribution is 2.19. The SMILES string of the molecule is CCc1cccc(NC(=O)c2ccc(CSc3ncn[nH]3)cc2)c1. The normalized spacial score (nSPS) is 10.5. The van der Waals surface area contributed by atoms with Gasteiger partial charge in [0.2, 0.25) is 0 Å². The summed E-state index contributed by atoms with van der Waals surface area (Å²) in [7, 11) is 0. The summed E-state index contributed by atoms with van der Waals surface area (Å²) in [5.74, 6) is 0.674. The number of aryl methyl sites for hydroxylation is 1. The molecule has 2 N–H and O–H groups in total. The van der Waals surface area contributed by atoms with Crippen molar-refractivity contribution in [2.75, 3.05) is 5.32 Å². The predicted octanol–water partition coefficient (Wildman–Crippen LogP) is 3.91. The van der Waals surface area contributed by atoms with E-state index in [-0.39, 0.29) is 5.91 Å². The highest BCUT2D eigenvalue weighted by molar-refractivity contribution is 7.98. The van der Waals surface area contributed by atoms with Gasteiger partial charge in [-0.25, -0.2) is 4.98 Å². The lowest BCUT2D eigenvalue weighted by Crippen LogP contribution is -2.11. The quantitative estimate of drug-likeness (QED) is 0.669. The van der Waals surface area contributed by atoms with Gasteiger partial charge in [-0.1, -0.05) is 43.0 Å². The fraction of sp³-hybridized carbons (Fsp3) is 0.167. The highest BCUT2D eigenvalue weighted by atomic mass is 32.2. The second kappa shape index (κ2) is 7.79. The summed E-state index contributed by atoms with van der Waals surface area (Å²) >= 11 is 1.57. The molecule has 24 heavy (non-hydrogen) atoms. The summed E-state index contributed by atoms with van der Waals surface area (Å²) in [6.07, 6.45) is 2.44. The van der Waals surface area contributed by atoms with E-state index in [0.717, 1.165) is 28.6 Å². The summed E-state index contributed by atoms with van der Waals surface area (Å²) < 4.78 is 0. The number of nitrogens with zero attached hydrogens (tertiary/aromatic N) is 2. The Balaban J connectivity index is 1.60. The highest BCUT2D eigenvalue weighted by Gasteiger charge is 2.07. The number of rotatable bonds is 6. The summed E-state index contributed by atoms with van der Waals surface area (Å²) in [6, 6.07) is 15.5. The summed E-state index contributed by atoms with van der Waals surface area (Å²) in [5, 5.41) is 10.3. The van der Waals surface area contributed by atoms with Crippen molar-refractivity contribution in [3.05, 3.63) is 71.5 Å². The van der Waals surface area contributed by atoms with Crippen molar-refractivity contribution in [3.8, 4) is 0 Å². The fourth-order valence-electron chi connectivity index (χ4n) is 2.24. The van der Waals surface area contributed by atoms with Gasteiger partial charge in [0.15, 0.2) is 5.16 Å². The molecule has 0 saturated carbocycles. The van der Waals surface area contributed by atoms with E-state index >= 15 is 0 Å². The summed E-state index contributed by atoms with van der Waals surface area (Å²) in [4.78, 5) is 16.4. The number of amides is 1. The van der Waals surface area contributed by atoms with Crippen LogP contribution < -0.4 is 5.32 Å². The first-order valence-corrected chi connectivity index (χ1v) is 8.70. The first kappa shape index (κ1) is 16.3. The lowest BCUT2D eigenvalue weighted by Gasteiger charge is -2.07. The first-order chi connectivity index (χ1) is 11.7. The molecule has 1 amide bonds. The monoisotopic (exact) mass is 338 g/mol. The van der Waals surface area contributed by atoms with Gasteiger partial charge in [0.1, 0.15) is 6.33 Å². The number of hydrogen-bond acceptors (Lipinski definition) is 4. The second-order valence-corrected chi connectivity index (χ2v) is 6.25. The van der Waals surface area contributed by atoms with E-state index in [1.807, 2.05) is 42.5 Å². The Morgan fingerprint density at radius 1 is 1.17 bits per heavy atom. The third-order valence-electron chi connectivity index (χ3n) is 3.58. The van der Waals surface area contributed by atoms with Crippen LogP contribution in [0.2, 0.25) is 0 Å². The van der Waals surface area contributed by atoms with Gasteiger partial charge in [0.05, 0.1) is 0 Å². The van der Waals surface area contributed by atoms with E-state index in [0.29, 0.717) is 5.56 Å². The second-order valence-electron chi connectivity index (χ2n) is 5.28. The molecule has 0 bridgehead atoms. The van der Waals surface area contributed by atoms with Crippen molar-refractivity contribution < 1.29 is 4.79 Å². The molecule has 0 radical (unpaired) electrons. The summed E-state index contributed by atoms with van der Waals surface area (Å²) in [6.45, 7) is 2.09. The molecule has 0 spiro atoms. The Bertz CT molecular complexity index is 800. The molecule has 5 nitrogen and oxygen atoms in total. The number of nitrogens with one attached hydrogen (secondary N) is 2. The van der Waals surface area contributed by atoms with Gasteiger partial charge in [0, 0.05) is 17.0 Å². The Labute approximate surface area is 144 Å². The number of carbonyl (C=O) groups is 1. The van der Waals surface area contributed by atoms with Crippen molar-refractivity contribution in [3.63, 3.8) is 0 Å². The Morgan fingerprint density at radius 2 is 2.00 bits per heavy atom. The molecule has 1 aromatic heterocycles. The van der Waals surface area contributed by atoms with E-state index in [2.05, 4.69) is 33.5 Å². The number of aromatic amines is 1. The van der Waals surface area contributed by atoms with E-state index in [1.54, 1.807) is 11.8 Å². The van der Waals surface area contributed by atoms with Crippen LogP contribution in [-0.4, -0.2) is 21.1 Å². The fourth-order valence-corrected chi connectivity index (χ4v) is 2.97. The number of anilines is 1. The third-order valence-corrected chi connectivity index (χ3v) is 4.53. The zero-order valence-corrected chi connectivity index (χ0v) is 14.1. The van der Waals surface area contributed by atoms with Gasteiger partial charge in [-0.3, -0.25) is 9.89 Å². The number of carbonyl (C=O) groups excluding carboxylic acids is 1. The van der Waals surface area contributed by atoms with Crippen molar-refractivity contribution in [2.24, 2.45) is 0 Å². The maximum absolute atomic E-state index is 12.3. The molecule has 0 fully saturated rings. The lowest BCUT2D eigenvalue weighted by molar-refractivity contribution is 0.102. The van der Waals surface area contributed by atoms with E-state index < -0.39 is 0 Å². The lowest BCUT2D eigenvalue weighted by atomic mass is 10.1. The molecule has 3 aromatic rings. The molecule has 0 saturated heterocycles. The van der Waals surface area contributed by atoms with Gasteiger partial charge in [0.25, 0.3) is 5.91 Å². The number of benzene rings is 2. The van der Waals surface area contributed by atoms with Gasteiger partial charge in [-0.05, 0) is 41.8 Å². The van der Waals surface area contributed by atoms with Crippen LogP contribution in [0.5, 0.6) is 0 Å². The average molecular weight is 338 g/mol. The van der Waals surface area contributed by atoms with Gasteiger partial charge in [-0.2, -0.15) is 5.10 Å². The van der Waals surface area contributed by atoms with Crippen LogP contribution in [0.1, 0.15) is 28.4 Å². The Hall–Kier alpha value is -2.60. The molecule has 6 heteroatoms. The molecule has 0 unspecified atom stereocenters. The Kier molecular flexibility index (Phi) is 5.28. The van der Waals surface area contributed by atoms with Crippen LogP contribution in [0, 0.1) is 0 Å². The minimum atomic E-state index is -0.0994. The van der Waals surface area contributed by atoms with Crippen molar-refractivity contribution in [1.29, 1.82) is 0 Å². The van der Waals surface area contributed by atoms with Gasteiger partial charge < -0.3 is 5.32 Å². The predicted molar refractivity (Wildman–Crippen MR) is 96.2 cm³/mol. The van der Waals surface area contributed by atoms with Crippen LogP contribution in [0.25, 0.3) is 0 Å². The number of hydrogen-bond donors (Lipinski definition) is 2. The minimum absolute atomic E-state index is 0.0994. The maximum atomic E-state index is 12.3. The zero-order valence-electron chi connectivity index (χ0n) is 13.3. The van der Waals surface area contributed by atoms with Crippen molar-refractivity contribution >= 4 is 23.4 Å². The smallest absolute Gasteiger partial charge is 0.255 e. The summed E-state index contributed by atoms with van der Waals surface area (Å²) in [5.41, 5.74) is 3.79. The van der Waals surface area contributed by atoms with Gasteiger partial charge in [-0.15, -0.1) is 0 Å². The van der Waals surface area contributed by atoms with Crippen LogP contribution in [-0.2, 0) is 12.2 Å². The zero-order chi connectivity index (χ0) is 16.8. The van der Waals surface area contributed by atoms with E-state index in [1.165, 1.54) is 11.9 Å². The van der Waals surface area contributed by atoms with Crippen LogP contribution in [0.4, 0.5) is 5.69 Å². The molecule has 0 atom stereocenters. The molecule has 0 aliphatic rings. The number of H-pyrrole nitrogens is 1. The molecule has 3 rings (SSSR count). The maximum Gasteiger partial charge on any atom is 0.255 e. The third kappa shape index (κ3) is 4.23. The number of thioether (sulfide) groups is 1. The molecule has 122 valence electrons. The topological polar surface area (TPSA) is 70.7 Å². The largest absolute Gasteiger partial charge is 0.322 e. The Morgan fingerprint density at radius 3 is 2.71 bits per heavy atom. The van der Waals surface area contributed by atoms with Gasteiger partial charge >= 0.3 is 0 Å². The number of aromatic nitrogens is 3. The minimum Gasteiger partial charge on any atom is -0.322 e. The molecule has 0 aliphatic carbocycles. The standard InChI is InChI=1S/C18H18N4OS/c1-2-13-4-3-5-16(10-13)21-17(23)15-8-6-14(7-9-15)11-24-18-19-12-20-22-18/h3-10,12H,2,11H2,1H3,(H,21,23)(H,19,20,22).